The summed E-state index contributed by atoms with van der Waals surface area (Å²) in [5, 5.41) is 20.7. The lowest BCUT2D eigenvalue weighted by Gasteiger charge is -2.27. The summed E-state index contributed by atoms with van der Waals surface area (Å²) in [5.74, 6) is 0.375. The molecule has 0 amide bonds. The molecule has 1 unspecified atom stereocenters. The van der Waals surface area contributed by atoms with E-state index in [2.05, 4.69) is 15.9 Å². The van der Waals surface area contributed by atoms with Gasteiger partial charge in [0.1, 0.15) is 12.4 Å². The van der Waals surface area contributed by atoms with Gasteiger partial charge in [-0.15, -0.1) is 0 Å². The number of nitro groups is 1. The minimum atomic E-state index is -0.982. The van der Waals surface area contributed by atoms with Crippen LogP contribution < -0.4 is 4.74 Å². The van der Waals surface area contributed by atoms with Crippen LogP contribution in [-0.4, -0.2) is 22.2 Å². The maximum absolute atomic E-state index is 10.7. The number of benzene rings is 1. The quantitative estimate of drug-likeness (QED) is 0.668. The molecule has 1 aromatic rings. The first-order chi connectivity index (χ1) is 8.24. The first-order valence-electron chi connectivity index (χ1n) is 5.53. The van der Waals surface area contributed by atoms with Crippen LogP contribution in [0.5, 0.6) is 5.75 Å². The molecule has 1 rings (SSSR count). The lowest BCUT2D eigenvalue weighted by molar-refractivity contribution is -0.385. The molecule has 0 aliphatic heterocycles. The van der Waals surface area contributed by atoms with Gasteiger partial charge in [0.2, 0.25) is 0 Å². The Hall–Kier alpha value is -1.14. The predicted octanol–water partition coefficient (Wildman–Crippen LogP) is 3.14. The van der Waals surface area contributed by atoms with Crippen molar-refractivity contribution in [3.63, 3.8) is 0 Å². The predicted molar refractivity (Wildman–Crippen MR) is 71.8 cm³/mol. The smallest absolute Gasteiger partial charge is 0.273 e. The highest BCUT2D eigenvalue weighted by molar-refractivity contribution is 9.10. The van der Waals surface area contributed by atoms with Crippen molar-refractivity contribution in [2.45, 2.75) is 26.4 Å². The van der Waals surface area contributed by atoms with E-state index in [1.54, 1.807) is 13.0 Å². The Bertz CT molecular complexity index is 446. The molecule has 100 valence electrons. The van der Waals surface area contributed by atoms with Gasteiger partial charge in [0.25, 0.3) is 5.69 Å². The van der Waals surface area contributed by atoms with Crippen molar-refractivity contribution in [2.75, 3.05) is 6.61 Å². The average molecular weight is 318 g/mol. The summed E-state index contributed by atoms with van der Waals surface area (Å²) in [7, 11) is 0. The monoisotopic (exact) mass is 317 g/mol. The maximum Gasteiger partial charge on any atom is 0.273 e. The second-order valence-electron chi connectivity index (χ2n) is 4.67. The Labute approximate surface area is 114 Å². The standard InChI is InChI=1S/C12H16BrNO4/c1-8(2)12(3,15)7-18-11-6-9(14(16)17)4-5-10(11)13/h4-6,8,15H,7H2,1-3H3. The molecule has 0 aromatic heterocycles. The van der Waals surface area contributed by atoms with Crippen LogP contribution in [0.25, 0.3) is 0 Å². The highest BCUT2D eigenvalue weighted by Gasteiger charge is 2.26. The highest BCUT2D eigenvalue weighted by atomic mass is 79.9. The van der Waals surface area contributed by atoms with Crippen LogP contribution in [0.1, 0.15) is 20.8 Å². The van der Waals surface area contributed by atoms with Gasteiger partial charge in [-0.3, -0.25) is 10.1 Å². The van der Waals surface area contributed by atoms with Gasteiger partial charge < -0.3 is 9.84 Å². The normalized spacial score (nSPS) is 14.3. The van der Waals surface area contributed by atoms with E-state index >= 15 is 0 Å². The fraction of sp³-hybridized carbons (Fsp3) is 0.500. The van der Waals surface area contributed by atoms with Crippen molar-refractivity contribution < 1.29 is 14.8 Å². The summed E-state index contributed by atoms with van der Waals surface area (Å²) in [6.45, 7) is 5.51. The number of nitrogens with zero attached hydrogens (tertiary/aromatic N) is 1. The Morgan fingerprint density at radius 3 is 2.67 bits per heavy atom. The molecule has 0 bridgehead atoms. The Kier molecular flexibility index (Phi) is 4.70. The molecule has 0 heterocycles. The second-order valence-corrected chi connectivity index (χ2v) is 5.53. The zero-order valence-electron chi connectivity index (χ0n) is 10.5. The van der Waals surface area contributed by atoms with Crippen LogP contribution in [-0.2, 0) is 0 Å². The van der Waals surface area contributed by atoms with E-state index in [1.165, 1.54) is 12.1 Å². The first kappa shape index (κ1) is 14.9. The molecular formula is C12H16BrNO4. The fourth-order valence-corrected chi connectivity index (χ4v) is 1.47. The summed E-state index contributed by atoms with van der Waals surface area (Å²) in [6, 6.07) is 4.27. The molecule has 0 aliphatic carbocycles. The number of non-ortho nitro benzene ring substituents is 1. The molecule has 1 aromatic carbocycles. The molecule has 1 N–H and O–H groups in total. The molecule has 1 atom stereocenters. The van der Waals surface area contributed by atoms with Crippen LogP contribution >= 0.6 is 15.9 Å². The molecule has 5 nitrogen and oxygen atoms in total. The summed E-state index contributed by atoms with van der Waals surface area (Å²) in [4.78, 5) is 10.2. The summed E-state index contributed by atoms with van der Waals surface area (Å²) in [5.41, 5.74) is -1.03. The van der Waals surface area contributed by atoms with Gasteiger partial charge in [0, 0.05) is 6.07 Å². The molecule has 6 heteroatoms. The van der Waals surface area contributed by atoms with E-state index in [0.717, 1.165) is 0 Å². The Morgan fingerprint density at radius 2 is 2.17 bits per heavy atom. The van der Waals surface area contributed by atoms with Crippen molar-refractivity contribution in [1.29, 1.82) is 0 Å². The summed E-state index contributed by atoms with van der Waals surface area (Å²) in [6.07, 6.45) is 0. The van der Waals surface area contributed by atoms with E-state index < -0.39 is 10.5 Å². The average Bonchev–Trinajstić information content (AvgIpc) is 2.27. The Balaban J connectivity index is 2.85. The summed E-state index contributed by atoms with van der Waals surface area (Å²) >= 11 is 3.26. The van der Waals surface area contributed by atoms with Gasteiger partial charge in [0.05, 0.1) is 21.1 Å². The first-order valence-corrected chi connectivity index (χ1v) is 6.32. The third-order valence-corrected chi connectivity index (χ3v) is 3.54. The highest BCUT2D eigenvalue weighted by Crippen LogP contribution is 2.30. The van der Waals surface area contributed by atoms with Crippen molar-refractivity contribution in [3.05, 3.63) is 32.8 Å². The largest absolute Gasteiger partial charge is 0.489 e. The van der Waals surface area contributed by atoms with Crippen LogP contribution in [0.2, 0.25) is 0 Å². The van der Waals surface area contributed by atoms with Gasteiger partial charge in [-0.2, -0.15) is 0 Å². The van der Waals surface area contributed by atoms with Crippen LogP contribution in [0.15, 0.2) is 22.7 Å². The van der Waals surface area contributed by atoms with Gasteiger partial charge in [-0.1, -0.05) is 13.8 Å². The van der Waals surface area contributed by atoms with Gasteiger partial charge in [0.15, 0.2) is 0 Å². The van der Waals surface area contributed by atoms with Crippen molar-refractivity contribution in [3.8, 4) is 5.75 Å². The van der Waals surface area contributed by atoms with E-state index in [0.29, 0.717) is 10.2 Å². The van der Waals surface area contributed by atoms with Crippen LogP contribution in [0, 0.1) is 16.0 Å². The SMILES string of the molecule is CC(C)C(C)(O)COc1cc([N+](=O)[O-])ccc1Br. The summed E-state index contributed by atoms with van der Waals surface area (Å²) < 4.78 is 6.07. The van der Waals surface area contributed by atoms with E-state index in [-0.39, 0.29) is 18.2 Å². The van der Waals surface area contributed by atoms with Crippen molar-refractivity contribution >= 4 is 21.6 Å². The number of nitro benzene ring substituents is 1. The number of hydrogen-bond acceptors (Lipinski definition) is 4. The van der Waals surface area contributed by atoms with E-state index in [4.69, 9.17) is 4.74 Å². The number of rotatable bonds is 5. The molecule has 0 aliphatic rings. The third kappa shape index (κ3) is 3.68. The molecule has 0 spiro atoms. The lowest BCUT2D eigenvalue weighted by atomic mass is 9.94. The van der Waals surface area contributed by atoms with Crippen LogP contribution in [0.3, 0.4) is 0 Å². The van der Waals surface area contributed by atoms with Crippen LogP contribution in [0.4, 0.5) is 5.69 Å². The zero-order chi connectivity index (χ0) is 13.9. The number of aliphatic hydroxyl groups is 1. The second kappa shape index (κ2) is 5.67. The number of ether oxygens (including phenoxy) is 1. The Morgan fingerprint density at radius 1 is 1.56 bits per heavy atom. The van der Waals surface area contributed by atoms with E-state index in [9.17, 15) is 15.2 Å². The molecular weight excluding hydrogens is 302 g/mol. The van der Waals surface area contributed by atoms with Crippen molar-refractivity contribution in [2.24, 2.45) is 5.92 Å². The molecule has 0 saturated heterocycles. The zero-order valence-corrected chi connectivity index (χ0v) is 12.1. The fourth-order valence-electron chi connectivity index (χ4n) is 1.11. The minimum Gasteiger partial charge on any atom is -0.489 e. The molecule has 0 saturated carbocycles. The topological polar surface area (TPSA) is 72.6 Å². The van der Waals surface area contributed by atoms with Crippen molar-refractivity contribution in [1.82, 2.24) is 0 Å². The number of hydrogen-bond donors (Lipinski definition) is 1. The lowest BCUT2D eigenvalue weighted by Crippen LogP contribution is -2.37. The van der Waals surface area contributed by atoms with Gasteiger partial charge in [-0.25, -0.2) is 0 Å². The minimum absolute atomic E-state index is 0.0231. The van der Waals surface area contributed by atoms with Gasteiger partial charge >= 0.3 is 0 Å². The molecule has 18 heavy (non-hydrogen) atoms. The molecule has 0 fully saturated rings. The maximum atomic E-state index is 10.7. The van der Waals surface area contributed by atoms with E-state index in [1.807, 2.05) is 13.8 Å². The molecule has 0 radical (unpaired) electrons. The number of halogens is 1. The third-order valence-electron chi connectivity index (χ3n) is 2.89. The van der Waals surface area contributed by atoms with Gasteiger partial charge in [-0.05, 0) is 34.8 Å².